The molecule has 1 unspecified atom stereocenters. The number of nitrogens with one attached hydrogen (secondary N) is 2. The number of thiazole rings is 1. The molecule has 7 heteroatoms. The standard InChI is InChI=1S/C23H25N5OS/c1-3-22(29)28-11-7-10-19(15-28)25-20-12-18(17-8-5-4-6-9-17)13-21(26-20)27-23-24-14-16(2)30-23/h3-6,8-9,12-14,19H,1,7,10-11,15H2,2H3,(H2,24,25,26,27). The number of benzene rings is 1. The number of anilines is 3. The normalized spacial score (nSPS) is 16.2. The number of aryl methyl sites for hydroxylation is 1. The Labute approximate surface area is 180 Å². The Morgan fingerprint density at radius 1 is 1.23 bits per heavy atom. The highest BCUT2D eigenvalue weighted by atomic mass is 32.1. The molecule has 0 saturated carbocycles. The zero-order valence-corrected chi connectivity index (χ0v) is 17.8. The predicted molar refractivity (Wildman–Crippen MR) is 123 cm³/mol. The van der Waals surface area contributed by atoms with Crippen molar-refractivity contribution >= 4 is 34.0 Å². The van der Waals surface area contributed by atoms with Crippen LogP contribution in [0.1, 0.15) is 17.7 Å². The van der Waals surface area contributed by atoms with E-state index in [-0.39, 0.29) is 11.9 Å². The summed E-state index contributed by atoms with van der Waals surface area (Å²) in [5, 5.41) is 7.68. The molecule has 154 valence electrons. The topological polar surface area (TPSA) is 70.2 Å². The van der Waals surface area contributed by atoms with Crippen LogP contribution in [-0.2, 0) is 4.79 Å². The van der Waals surface area contributed by atoms with Crippen LogP contribution in [-0.4, -0.2) is 39.9 Å². The molecule has 6 nitrogen and oxygen atoms in total. The van der Waals surface area contributed by atoms with Crippen molar-refractivity contribution in [3.8, 4) is 11.1 Å². The molecule has 0 spiro atoms. The first kappa shape index (κ1) is 20.1. The Morgan fingerprint density at radius 2 is 2.03 bits per heavy atom. The van der Waals surface area contributed by atoms with Gasteiger partial charge in [0.1, 0.15) is 11.6 Å². The van der Waals surface area contributed by atoms with Crippen LogP contribution in [0.15, 0.2) is 61.3 Å². The zero-order chi connectivity index (χ0) is 20.9. The zero-order valence-electron chi connectivity index (χ0n) is 17.0. The number of carbonyl (C=O) groups excluding carboxylic acids is 1. The van der Waals surface area contributed by atoms with E-state index in [0.717, 1.165) is 52.2 Å². The quantitative estimate of drug-likeness (QED) is 0.559. The highest BCUT2D eigenvalue weighted by Gasteiger charge is 2.22. The number of nitrogens with zero attached hydrogens (tertiary/aromatic N) is 3. The van der Waals surface area contributed by atoms with Crippen LogP contribution < -0.4 is 10.6 Å². The first-order chi connectivity index (χ1) is 14.6. The predicted octanol–water partition coefficient (Wildman–Crippen LogP) is 4.85. The molecule has 1 aromatic carbocycles. The van der Waals surface area contributed by atoms with Crippen molar-refractivity contribution in [2.45, 2.75) is 25.8 Å². The molecule has 1 aliphatic heterocycles. The van der Waals surface area contributed by atoms with Crippen LogP contribution in [0.5, 0.6) is 0 Å². The molecule has 4 rings (SSSR count). The number of carbonyl (C=O) groups is 1. The number of amides is 1. The molecular weight excluding hydrogens is 394 g/mol. The van der Waals surface area contributed by atoms with Gasteiger partial charge in [-0.15, -0.1) is 11.3 Å². The van der Waals surface area contributed by atoms with E-state index in [1.807, 2.05) is 42.3 Å². The van der Waals surface area contributed by atoms with Gasteiger partial charge < -0.3 is 15.5 Å². The minimum Gasteiger partial charge on any atom is -0.365 e. The number of hydrogen-bond donors (Lipinski definition) is 2. The van der Waals surface area contributed by atoms with E-state index in [1.54, 1.807) is 11.3 Å². The fraction of sp³-hybridized carbons (Fsp3) is 0.261. The molecule has 0 aliphatic carbocycles. The highest BCUT2D eigenvalue weighted by Crippen LogP contribution is 2.28. The van der Waals surface area contributed by atoms with E-state index in [9.17, 15) is 4.79 Å². The maximum atomic E-state index is 12.0. The lowest BCUT2D eigenvalue weighted by Gasteiger charge is -2.33. The lowest BCUT2D eigenvalue weighted by molar-refractivity contribution is -0.127. The molecule has 1 saturated heterocycles. The van der Waals surface area contributed by atoms with Crippen LogP contribution in [0, 0.1) is 6.92 Å². The monoisotopic (exact) mass is 419 g/mol. The maximum Gasteiger partial charge on any atom is 0.246 e. The second-order valence-corrected chi connectivity index (χ2v) is 8.60. The van der Waals surface area contributed by atoms with Gasteiger partial charge in [0, 0.05) is 30.2 Å². The molecule has 0 bridgehead atoms. The third kappa shape index (κ3) is 4.86. The van der Waals surface area contributed by atoms with E-state index in [2.05, 4.69) is 40.4 Å². The lowest BCUT2D eigenvalue weighted by atomic mass is 10.0. The number of pyridine rings is 1. The molecular formula is C23H25N5OS. The van der Waals surface area contributed by atoms with Gasteiger partial charge in [-0.2, -0.15) is 0 Å². The van der Waals surface area contributed by atoms with Crippen molar-refractivity contribution in [3.05, 3.63) is 66.2 Å². The molecule has 1 atom stereocenters. The SMILES string of the molecule is C=CC(=O)N1CCCC(Nc2cc(-c3ccccc3)cc(Nc3ncc(C)s3)n2)C1. The molecule has 2 N–H and O–H groups in total. The van der Waals surface area contributed by atoms with Gasteiger partial charge in [-0.05, 0) is 49.1 Å². The van der Waals surface area contributed by atoms with Gasteiger partial charge in [0.2, 0.25) is 5.91 Å². The molecule has 30 heavy (non-hydrogen) atoms. The second kappa shape index (κ2) is 9.09. The summed E-state index contributed by atoms with van der Waals surface area (Å²) in [6.07, 6.45) is 5.18. The van der Waals surface area contributed by atoms with E-state index >= 15 is 0 Å². The van der Waals surface area contributed by atoms with Crippen LogP contribution in [0.2, 0.25) is 0 Å². The molecule has 2 aromatic heterocycles. The Bertz CT molecular complexity index is 1030. The van der Waals surface area contributed by atoms with Gasteiger partial charge in [0.05, 0.1) is 0 Å². The summed E-state index contributed by atoms with van der Waals surface area (Å²) in [5.74, 6) is 1.50. The third-order valence-electron chi connectivity index (χ3n) is 5.05. The van der Waals surface area contributed by atoms with Gasteiger partial charge >= 0.3 is 0 Å². The largest absolute Gasteiger partial charge is 0.365 e. The average Bonchev–Trinajstić information content (AvgIpc) is 3.18. The van der Waals surface area contributed by atoms with E-state index in [4.69, 9.17) is 4.98 Å². The molecule has 1 amide bonds. The summed E-state index contributed by atoms with van der Waals surface area (Å²) in [6.45, 7) is 7.06. The summed E-state index contributed by atoms with van der Waals surface area (Å²) < 4.78 is 0. The maximum absolute atomic E-state index is 12.0. The van der Waals surface area contributed by atoms with E-state index in [1.165, 1.54) is 6.08 Å². The molecule has 3 aromatic rings. The van der Waals surface area contributed by atoms with Crippen molar-refractivity contribution < 1.29 is 4.79 Å². The summed E-state index contributed by atoms with van der Waals surface area (Å²) >= 11 is 1.60. The molecule has 1 aliphatic rings. The molecule has 0 radical (unpaired) electrons. The van der Waals surface area contributed by atoms with Crippen molar-refractivity contribution in [2.24, 2.45) is 0 Å². The van der Waals surface area contributed by atoms with Gasteiger partial charge in [-0.1, -0.05) is 36.9 Å². The van der Waals surface area contributed by atoms with Gasteiger partial charge in [0.15, 0.2) is 5.13 Å². The van der Waals surface area contributed by atoms with Gasteiger partial charge in [0.25, 0.3) is 0 Å². The molecule has 1 fully saturated rings. The van der Waals surface area contributed by atoms with Gasteiger partial charge in [-0.3, -0.25) is 4.79 Å². The number of likely N-dealkylation sites (tertiary alicyclic amines) is 1. The summed E-state index contributed by atoms with van der Waals surface area (Å²) in [6, 6.07) is 14.5. The van der Waals surface area contributed by atoms with Crippen molar-refractivity contribution in [2.75, 3.05) is 23.7 Å². The van der Waals surface area contributed by atoms with Crippen LogP contribution in [0.25, 0.3) is 11.1 Å². The average molecular weight is 420 g/mol. The van der Waals surface area contributed by atoms with Crippen LogP contribution in [0.3, 0.4) is 0 Å². The highest BCUT2D eigenvalue weighted by molar-refractivity contribution is 7.15. The minimum atomic E-state index is -0.0195. The van der Waals surface area contributed by atoms with E-state index < -0.39 is 0 Å². The smallest absolute Gasteiger partial charge is 0.246 e. The van der Waals surface area contributed by atoms with E-state index in [0.29, 0.717) is 6.54 Å². The first-order valence-electron chi connectivity index (χ1n) is 10.1. The molecule has 3 heterocycles. The fourth-order valence-corrected chi connectivity index (χ4v) is 4.29. The van der Waals surface area contributed by atoms with Gasteiger partial charge in [-0.25, -0.2) is 9.97 Å². The number of piperidine rings is 1. The van der Waals surface area contributed by atoms with Crippen LogP contribution >= 0.6 is 11.3 Å². The van der Waals surface area contributed by atoms with Crippen molar-refractivity contribution in [1.82, 2.24) is 14.9 Å². The summed E-state index contributed by atoms with van der Waals surface area (Å²) in [4.78, 5) is 24.2. The van der Waals surface area contributed by atoms with Crippen LogP contribution in [0.4, 0.5) is 16.8 Å². The fourth-order valence-electron chi connectivity index (χ4n) is 3.62. The number of aromatic nitrogens is 2. The lowest BCUT2D eigenvalue weighted by Crippen LogP contribution is -2.44. The minimum absolute atomic E-state index is 0.0195. The van der Waals surface area contributed by atoms with Crippen molar-refractivity contribution in [3.63, 3.8) is 0 Å². The summed E-state index contributed by atoms with van der Waals surface area (Å²) in [7, 11) is 0. The van der Waals surface area contributed by atoms with Crippen molar-refractivity contribution in [1.29, 1.82) is 0 Å². The summed E-state index contributed by atoms with van der Waals surface area (Å²) in [5.41, 5.74) is 2.19. The Morgan fingerprint density at radius 3 is 2.77 bits per heavy atom. The first-order valence-corrected chi connectivity index (χ1v) is 10.9. The Balaban J connectivity index is 1.60. The second-order valence-electron chi connectivity index (χ2n) is 7.37. The Kier molecular flexibility index (Phi) is 6.09. The Hall–Kier alpha value is -3.19. The number of rotatable bonds is 6. The third-order valence-corrected chi connectivity index (χ3v) is 5.88. The number of hydrogen-bond acceptors (Lipinski definition) is 6.